The normalized spacial score (nSPS) is 22.2. The smallest absolute Gasteiger partial charge is 0.148 e. The fraction of sp³-hybridized carbons (Fsp3) is 0.583. The van der Waals surface area contributed by atoms with Gasteiger partial charge in [-0.2, -0.15) is 0 Å². The van der Waals surface area contributed by atoms with E-state index in [0.29, 0.717) is 11.8 Å². The van der Waals surface area contributed by atoms with Crippen LogP contribution in [0.4, 0.5) is 0 Å². The van der Waals surface area contributed by atoms with Crippen LogP contribution in [0.2, 0.25) is 0 Å². The standard InChI is InChI=1S/C24H36N2OS/c1-23(2,3)18-15-17(16-19(22(18)27)24(4,5)6)21(20-9-8-14-28-20)26-12-10-25(7)11-13-26/h8-9,14-16,21,27H,10-13H2,1-7H3/p+2. The molecule has 1 fully saturated rings. The minimum absolute atomic E-state index is 0.0955. The van der Waals surface area contributed by atoms with Gasteiger partial charge in [-0.25, -0.2) is 0 Å². The van der Waals surface area contributed by atoms with Gasteiger partial charge in [-0.1, -0.05) is 47.6 Å². The summed E-state index contributed by atoms with van der Waals surface area (Å²) in [6.07, 6.45) is 0. The van der Waals surface area contributed by atoms with E-state index in [0.717, 1.165) is 11.1 Å². The van der Waals surface area contributed by atoms with E-state index >= 15 is 0 Å². The average molecular weight is 403 g/mol. The molecule has 0 spiro atoms. The van der Waals surface area contributed by atoms with Crippen molar-refractivity contribution in [2.24, 2.45) is 0 Å². The number of hydrogen-bond acceptors (Lipinski definition) is 2. The number of phenolic OH excluding ortho intramolecular Hbond substituents is 1. The maximum absolute atomic E-state index is 11.1. The number of likely N-dealkylation sites (N-methyl/N-ethyl adjacent to an activating group) is 1. The van der Waals surface area contributed by atoms with Crippen molar-refractivity contribution in [2.75, 3.05) is 33.2 Å². The van der Waals surface area contributed by atoms with E-state index in [1.165, 1.54) is 36.6 Å². The Bertz CT molecular complexity index is 756. The average Bonchev–Trinajstić information content (AvgIpc) is 3.10. The molecule has 1 saturated heterocycles. The molecule has 2 heterocycles. The van der Waals surface area contributed by atoms with Crippen molar-refractivity contribution in [1.29, 1.82) is 0 Å². The van der Waals surface area contributed by atoms with Crippen LogP contribution in [0.1, 0.15) is 69.2 Å². The summed E-state index contributed by atoms with van der Waals surface area (Å²) in [5.41, 5.74) is 3.29. The molecule has 0 amide bonds. The van der Waals surface area contributed by atoms with E-state index in [-0.39, 0.29) is 10.8 Å². The Labute approximate surface area is 175 Å². The number of nitrogens with one attached hydrogen (secondary N) is 2. The Balaban J connectivity index is 2.17. The number of rotatable bonds is 3. The summed E-state index contributed by atoms with van der Waals surface area (Å²) in [6, 6.07) is 9.37. The SMILES string of the molecule is C[NH+]1CC[NH+](C(c2cc(C(C)(C)C)c(O)c(C(C)(C)C)c2)c2cccs2)CC1. The molecule has 1 unspecified atom stereocenters. The number of quaternary nitrogens is 2. The molecular formula is C24H38N2OS+2. The van der Waals surface area contributed by atoms with Crippen LogP contribution in [0, 0.1) is 0 Å². The summed E-state index contributed by atoms with van der Waals surface area (Å²) in [6.45, 7) is 18.0. The van der Waals surface area contributed by atoms with E-state index in [1.807, 2.05) is 11.3 Å². The largest absolute Gasteiger partial charge is 0.507 e. The van der Waals surface area contributed by atoms with Gasteiger partial charge in [0.15, 0.2) is 0 Å². The topological polar surface area (TPSA) is 29.1 Å². The second-order valence-corrected chi connectivity index (χ2v) is 11.5. The van der Waals surface area contributed by atoms with Crippen LogP contribution >= 0.6 is 11.3 Å². The van der Waals surface area contributed by atoms with Gasteiger partial charge < -0.3 is 14.9 Å². The van der Waals surface area contributed by atoms with Gasteiger partial charge in [-0.3, -0.25) is 0 Å². The highest BCUT2D eigenvalue weighted by atomic mass is 32.1. The van der Waals surface area contributed by atoms with Crippen molar-refractivity contribution in [2.45, 2.75) is 58.4 Å². The lowest BCUT2D eigenvalue weighted by Crippen LogP contribution is -3.27. The highest BCUT2D eigenvalue weighted by Gasteiger charge is 2.34. The van der Waals surface area contributed by atoms with Gasteiger partial charge in [0, 0.05) is 16.7 Å². The third-order valence-corrected chi connectivity index (χ3v) is 7.00. The van der Waals surface area contributed by atoms with E-state index < -0.39 is 0 Å². The zero-order valence-corrected chi connectivity index (χ0v) is 19.5. The molecule has 1 aliphatic heterocycles. The number of benzene rings is 1. The lowest BCUT2D eigenvalue weighted by molar-refractivity contribution is -1.02. The van der Waals surface area contributed by atoms with E-state index in [9.17, 15) is 5.11 Å². The van der Waals surface area contributed by atoms with Crippen molar-refractivity contribution < 1.29 is 14.9 Å². The molecule has 28 heavy (non-hydrogen) atoms. The molecule has 0 radical (unpaired) electrons. The predicted octanol–water partition coefficient (Wildman–Crippen LogP) is 2.55. The summed E-state index contributed by atoms with van der Waals surface area (Å²) in [5, 5.41) is 13.3. The Hall–Kier alpha value is -1.36. The van der Waals surface area contributed by atoms with Gasteiger partial charge in [0.2, 0.25) is 0 Å². The number of hydrogen-bond donors (Lipinski definition) is 3. The summed E-state index contributed by atoms with van der Waals surface area (Å²) in [7, 11) is 2.30. The quantitative estimate of drug-likeness (QED) is 0.724. The van der Waals surface area contributed by atoms with Gasteiger partial charge in [0.05, 0.1) is 11.9 Å². The number of phenols is 1. The third kappa shape index (κ3) is 4.45. The predicted molar refractivity (Wildman–Crippen MR) is 119 cm³/mol. The first-order chi connectivity index (χ1) is 13.0. The summed E-state index contributed by atoms with van der Waals surface area (Å²) < 4.78 is 0. The van der Waals surface area contributed by atoms with Crippen molar-refractivity contribution in [3.63, 3.8) is 0 Å². The van der Waals surface area contributed by atoms with Crippen LogP contribution in [0.3, 0.4) is 0 Å². The van der Waals surface area contributed by atoms with Crippen LogP contribution in [-0.4, -0.2) is 38.3 Å². The minimum Gasteiger partial charge on any atom is -0.507 e. The van der Waals surface area contributed by atoms with Gasteiger partial charge in [-0.15, -0.1) is 11.3 Å². The molecule has 1 atom stereocenters. The second kappa shape index (κ2) is 7.81. The Morgan fingerprint density at radius 3 is 1.89 bits per heavy atom. The minimum atomic E-state index is -0.0955. The van der Waals surface area contributed by atoms with Crippen LogP contribution in [0.25, 0.3) is 0 Å². The maximum Gasteiger partial charge on any atom is 0.148 e. The molecule has 0 saturated carbocycles. The maximum atomic E-state index is 11.1. The van der Waals surface area contributed by atoms with Gasteiger partial charge in [0.25, 0.3) is 0 Å². The first-order valence-electron chi connectivity index (χ1n) is 10.6. The molecule has 3 N–H and O–H groups in total. The Morgan fingerprint density at radius 1 is 0.929 bits per heavy atom. The van der Waals surface area contributed by atoms with Crippen molar-refractivity contribution in [3.05, 3.63) is 51.2 Å². The van der Waals surface area contributed by atoms with Gasteiger partial charge in [-0.05, 0) is 34.4 Å². The molecule has 4 heteroatoms. The first kappa shape index (κ1) is 21.4. The van der Waals surface area contributed by atoms with Crippen LogP contribution < -0.4 is 9.80 Å². The molecule has 1 aromatic carbocycles. The van der Waals surface area contributed by atoms with Gasteiger partial charge >= 0.3 is 0 Å². The van der Waals surface area contributed by atoms with Gasteiger partial charge in [0.1, 0.15) is 38.0 Å². The summed E-state index contributed by atoms with van der Waals surface area (Å²) in [5.74, 6) is 0.478. The zero-order chi connectivity index (χ0) is 20.7. The summed E-state index contributed by atoms with van der Waals surface area (Å²) in [4.78, 5) is 4.71. The summed E-state index contributed by atoms with van der Waals surface area (Å²) >= 11 is 1.86. The van der Waals surface area contributed by atoms with Crippen molar-refractivity contribution >= 4 is 11.3 Å². The lowest BCUT2D eigenvalue weighted by atomic mass is 9.77. The van der Waals surface area contributed by atoms with Crippen LogP contribution in [-0.2, 0) is 10.8 Å². The molecular weight excluding hydrogens is 364 g/mol. The second-order valence-electron chi connectivity index (χ2n) is 10.5. The molecule has 0 bridgehead atoms. The van der Waals surface area contributed by atoms with E-state index in [2.05, 4.69) is 78.2 Å². The fourth-order valence-electron chi connectivity index (χ4n) is 4.31. The van der Waals surface area contributed by atoms with Crippen LogP contribution in [0.15, 0.2) is 29.6 Å². The molecule has 2 aromatic rings. The highest BCUT2D eigenvalue weighted by Crippen LogP contribution is 2.41. The molecule has 154 valence electrons. The molecule has 1 aliphatic rings. The molecule has 1 aromatic heterocycles. The molecule has 3 nitrogen and oxygen atoms in total. The Morgan fingerprint density at radius 2 is 1.46 bits per heavy atom. The molecule has 3 rings (SSSR count). The number of aromatic hydroxyl groups is 1. The monoisotopic (exact) mass is 402 g/mol. The zero-order valence-electron chi connectivity index (χ0n) is 18.6. The van der Waals surface area contributed by atoms with Crippen LogP contribution in [0.5, 0.6) is 5.75 Å². The highest BCUT2D eigenvalue weighted by molar-refractivity contribution is 7.10. The number of thiophene rings is 1. The van der Waals surface area contributed by atoms with Crippen molar-refractivity contribution in [3.8, 4) is 5.75 Å². The lowest BCUT2D eigenvalue weighted by Gasteiger charge is -2.35. The van der Waals surface area contributed by atoms with Crippen molar-refractivity contribution in [1.82, 2.24) is 0 Å². The molecule has 0 aliphatic carbocycles. The van der Waals surface area contributed by atoms with E-state index in [4.69, 9.17) is 0 Å². The first-order valence-corrected chi connectivity index (χ1v) is 11.4. The fourth-order valence-corrected chi connectivity index (χ4v) is 5.22. The number of piperazine rings is 1. The third-order valence-electron chi connectivity index (χ3n) is 6.06. The van der Waals surface area contributed by atoms with E-state index in [1.54, 1.807) is 9.80 Å². The Kier molecular flexibility index (Phi) is 5.96.